The number of nitrogens with zero attached hydrogens (tertiary/aromatic N) is 4. The molecular formula is C20H33N7O4. The van der Waals surface area contributed by atoms with Crippen molar-refractivity contribution in [2.24, 2.45) is 7.05 Å². The van der Waals surface area contributed by atoms with Gasteiger partial charge in [-0.05, 0) is 26.3 Å². The summed E-state index contributed by atoms with van der Waals surface area (Å²) in [6.07, 6.45) is 2.41. The molecule has 2 fully saturated rings. The summed E-state index contributed by atoms with van der Waals surface area (Å²) in [5.41, 5.74) is 1.02. The number of hydrogen-bond donors (Lipinski definition) is 3. The van der Waals surface area contributed by atoms with Gasteiger partial charge in [-0.3, -0.25) is 19.2 Å². The summed E-state index contributed by atoms with van der Waals surface area (Å²) in [4.78, 5) is 41.5. The van der Waals surface area contributed by atoms with Gasteiger partial charge in [-0.2, -0.15) is 5.10 Å². The maximum atomic E-state index is 13.3. The van der Waals surface area contributed by atoms with Crippen molar-refractivity contribution in [1.82, 2.24) is 35.5 Å². The number of carbonyl (C=O) groups excluding carboxylic acids is 3. The van der Waals surface area contributed by atoms with E-state index in [0.29, 0.717) is 32.6 Å². The summed E-state index contributed by atoms with van der Waals surface area (Å²) < 4.78 is 6.71. The van der Waals surface area contributed by atoms with Gasteiger partial charge in [0, 0.05) is 58.6 Å². The van der Waals surface area contributed by atoms with Gasteiger partial charge in [0.25, 0.3) is 0 Å². The van der Waals surface area contributed by atoms with E-state index >= 15 is 0 Å². The predicted molar refractivity (Wildman–Crippen MR) is 113 cm³/mol. The van der Waals surface area contributed by atoms with E-state index in [1.165, 1.54) is 7.11 Å². The number of urea groups is 1. The Balaban J connectivity index is 1.74. The van der Waals surface area contributed by atoms with Crippen LogP contribution in [0.3, 0.4) is 0 Å². The smallest absolute Gasteiger partial charge is 0.315 e. The van der Waals surface area contributed by atoms with Crippen LogP contribution in [0.1, 0.15) is 26.0 Å². The second-order valence-corrected chi connectivity index (χ2v) is 8.54. The Bertz CT molecular complexity index is 796. The summed E-state index contributed by atoms with van der Waals surface area (Å²) in [7, 11) is 3.32. The molecule has 31 heavy (non-hydrogen) atoms. The Labute approximate surface area is 182 Å². The Morgan fingerprint density at radius 2 is 2.03 bits per heavy atom. The number of rotatable bonds is 7. The first-order chi connectivity index (χ1) is 14.8. The lowest BCUT2D eigenvalue weighted by atomic mass is 10.1. The Hall–Kier alpha value is -2.66. The predicted octanol–water partition coefficient (Wildman–Crippen LogP) is -0.956. The molecule has 0 radical (unpaired) electrons. The topological polar surface area (TPSA) is 121 Å². The molecule has 11 nitrogen and oxygen atoms in total. The van der Waals surface area contributed by atoms with Gasteiger partial charge in [-0.25, -0.2) is 4.79 Å². The average Bonchev–Trinajstić information content (AvgIpc) is 3.23. The van der Waals surface area contributed by atoms with E-state index < -0.39 is 6.04 Å². The molecule has 3 rings (SSSR count). The van der Waals surface area contributed by atoms with E-state index in [1.807, 2.05) is 27.0 Å². The van der Waals surface area contributed by atoms with Crippen LogP contribution >= 0.6 is 0 Å². The van der Waals surface area contributed by atoms with Crippen LogP contribution in [0.2, 0.25) is 0 Å². The van der Waals surface area contributed by atoms with Crippen molar-refractivity contribution in [3.63, 3.8) is 0 Å². The number of nitrogens with one attached hydrogen (secondary N) is 3. The average molecular weight is 436 g/mol. The quantitative estimate of drug-likeness (QED) is 0.508. The summed E-state index contributed by atoms with van der Waals surface area (Å²) >= 11 is 0. The van der Waals surface area contributed by atoms with Crippen LogP contribution in [0.4, 0.5) is 4.79 Å². The molecule has 3 N–H and O–H groups in total. The van der Waals surface area contributed by atoms with Gasteiger partial charge in [0.1, 0.15) is 12.6 Å². The lowest BCUT2D eigenvalue weighted by molar-refractivity contribution is -0.137. The highest BCUT2D eigenvalue weighted by Gasteiger charge is 2.43. The van der Waals surface area contributed by atoms with Gasteiger partial charge in [-0.15, -0.1) is 0 Å². The molecule has 3 heterocycles. The zero-order chi connectivity index (χ0) is 22.5. The fourth-order valence-corrected chi connectivity index (χ4v) is 4.25. The standard InChI is InChI=1S/C20H33N7O4/c1-13(2)22-20(30)23-14-7-16-10-26(9-15-5-6-21-25(15)3)11-17(19(29)27(16)8-14)24-18(28)12-31-4/h5-6,13-14,16-17H,7-12H2,1-4H3,(H,24,28)(H2,22,23,30)/t14-,16-,17-/m0/s1. The molecular weight excluding hydrogens is 402 g/mol. The number of carbonyl (C=O) groups is 3. The van der Waals surface area contributed by atoms with Gasteiger partial charge in [0.15, 0.2) is 0 Å². The number of amides is 4. The third kappa shape index (κ3) is 5.95. The lowest BCUT2D eigenvalue weighted by Gasteiger charge is -2.25. The maximum absolute atomic E-state index is 13.3. The second kappa shape index (κ2) is 10.1. The van der Waals surface area contributed by atoms with Crippen LogP contribution in [0.15, 0.2) is 12.3 Å². The molecule has 0 spiro atoms. The first kappa shape index (κ1) is 23.0. The van der Waals surface area contributed by atoms with Gasteiger partial charge < -0.3 is 25.6 Å². The molecule has 2 aliphatic rings. The summed E-state index contributed by atoms with van der Waals surface area (Å²) in [6.45, 7) is 5.77. The van der Waals surface area contributed by atoms with Crippen LogP contribution in [0.25, 0.3) is 0 Å². The molecule has 1 aromatic rings. The minimum absolute atomic E-state index is 0.0311. The third-order valence-corrected chi connectivity index (χ3v) is 5.58. The molecule has 0 aromatic carbocycles. The largest absolute Gasteiger partial charge is 0.375 e. The number of ether oxygens (including phenoxy) is 1. The summed E-state index contributed by atoms with van der Waals surface area (Å²) in [5, 5.41) is 12.8. The van der Waals surface area contributed by atoms with Crippen molar-refractivity contribution in [2.45, 2.75) is 51.0 Å². The van der Waals surface area contributed by atoms with Gasteiger partial charge >= 0.3 is 6.03 Å². The summed E-state index contributed by atoms with van der Waals surface area (Å²) in [5.74, 6) is -0.458. The first-order valence-electron chi connectivity index (χ1n) is 10.6. The number of aromatic nitrogens is 2. The molecule has 0 saturated carbocycles. The molecule has 11 heteroatoms. The first-order valence-corrected chi connectivity index (χ1v) is 10.6. The van der Waals surface area contributed by atoms with Crippen LogP contribution < -0.4 is 16.0 Å². The van der Waals surface area contributed by atoms with Crippen molar-refractivity contribution in [3.8, 4) is 0 Å². The fourth-order valence-electron chi connectivity index (χ4n) is 4.25. The fraction of sp³-hybridized carbons (Fsp3) is 0.700. The second-order valence-electron chi connectivity index (χ2n) is 8.54. The Morgan fingerprint density at radius 1 is 1.26 bits per heavy atom. The monoisotopic (exact) mass is 435 g/mol. The van der Waals surface area contributed by atoms with Crippen LogP contribution in [0, 0.1) is 0 Å². The molecule has 0 aliphatic carbocycles. The van der Waals surface area contributed by atoms with E-state index in [1.54, 1.807) is 15.8 Å². The molecule has 2 aliphatic heterocycles. The van der Waals surface area contributed by atoms with Gasteiger partial charge in [-0.1, -0.05) is 0 Å². The van der Waals surface area contributed by atoms with E-state index in [-0.39, 0.29) is 42.6 Å². The molecule has 3 atom stereocenters. The molecule has 172 valence electrons. The van der Waals surface area contributed by atoms with E-state index in [9.17, 15) is 14.4 Å². The number of methoxy groups -OCH3 is 1. The zero-order valence-electron chi connectivity index (χ0n) is 18.6. The van der Waals surface area contributed by atoms with Gasteiger partial charge in [0.05, 0.1) is 11.7 Å². The van der Waals surface area contributed by atoms with Crippen molar-refractivity contribution in [3.05, 3.63) is 18.0 Å². The van der Waals surface area contributed by atoms with Crippen molar-refractivity contribution < 1.29 is 19.1 Å². The molecule has 0 unspecified atom stereocenters. The normalized spacial score (nSPS) is 24.1. The number of aryl methyl sites for hydroxylation is 1. The van der Waals surface area contributed by atoms with Crippen molar-refractivity contribution in [2.75, 3.05) is 33.4 Å². The molecule has 4 amide bonds. The van der Waals surface area contributed by atoms with Crippen LogP contribution in [-0.2, 0) is 27.9 Å². The minimum Gasteiger partial charge on any atom is -0.375 e. The lowest BCUT2D eigenvalue weighted by Crippen LogP contribution is -2.52. The van der Waals surface area contributed by atoms with Gasteiger partial charge in [0.2, 0.25) is 11.8 Å². The molecule has 2 saturated heterocycles. The number of fused-ring (bicyclic) bond motifs is 1. The van der Waals surface area contributed by atoms with E-state index in [0.717, 1.165) is 5.69 Å². The summed E-state index contributed by atoms with van der Waals surface area (Å²) in [6, 6.07) is 0.877. The van der Waals surface area contributed by atoms with Crippen molar-refractivity contribution >= 4 is 17.8 Å². The molecule has 0 bridgehead atoms. The van der Waals surface area contributed by atoms with E-state index in [4.69, 9.17) is 4.74 Å². The highest BCUT2D eigenvalue weighted by Crippen LogP contribution is 2.24. The minimum atomic E-state index is -0.677. The highest BCUT2D eigenvalue weighted by atomic mass is 16.5. The SMILES string of the molecule is COCC(=O)N[C@H]1CN(Cc2ccnn2C)C[C@@H]2C[C@H](NC(=O)NC(C)C)CN2C1=O. The molecule has 1 aromatic heterocycles. The third-order valence-electron chi connectivity index (χ3n) is 5.58. The van der Waals surface area contributed by atoms with Crippen LogP contribution in [-0.4, -0.2) is 94.9 Å². The van der Waals surface area contributed by atoms with Crippen molar-refractivity contribution in [1.29, 1.82) is 0 Å². The number of hydrogen-bond acceptors (Lipinski definition) is 6. The Kier molecular flexibility index (Phi) is 7.50. The Morgan fingerprint density at radius 3 is 2.68 bits per heavy atom. The van der Waals surface area contributed by atoms with Crippen LogP contribution in [0.5, 0.6) is 0 Å². The zero-order valence-corrected chi connectivity index (χ0v) is 18.6. The maximum Gasteiger partial charge on any atom is 0.315 e. The highest BCUT2D eigenvalue weighted by molar-refractivity contribution is 5.89. The van der Waals surface area contributed by atoms with E-state index in [2.05, 4.69) is 25.9 Å².